The molecule has 0 aliphatic heterocycles. The second kappa shape index (κ2) is 4.34. The van der Waals surface area contributed by atoms with Crippen LogP contribution in [0.15, 0.2) is 0 Å². The van der Waals surface area contributed by atoms with Crippen LogP contribution in [0.5, 0.6) is 0 Å². The number of Topliss-reactive ketones (excluding diaryl/α,β-unsaturated/α-hetero) is 1. The first-order valence-corrected chi connectivity index (χ1v) is 9.13. The van der Waals surface area contributed by atoms with E-state index in [-0.39, 0.29) is 5.41 Å². The molecule has 4 aliphatic carbocycles. The lowest BCUT2D eigenvalue weighted by Crippen LogP contribution is -2.61. The molecule has 6 atom stereocenters. The predicted molar refractivity (Wildman–Crippen MR) is 82.8 cm³/mol. The lowest BCUT2D eigenvalue weighted by Gasteiger charge is -2.62. The summed E-state index contributed by atoms with van der Waals surface area (Å²) in [5.41, 5.74) is 0.0731. The highest BCUT2D eigenvalue weighted by Gasteiger charge is 2.64. The fraction of sp³-hybridized carbons (Fsp3) is 0.947. The van der Waals surface area contributed by atoms with Crippen molar-refractivity contribution in [1.82, 2.24) is 0 Å². The maximum atomic E-state index is 11.9. The van der Waals surface area contributed by atoms with Crippen LogP contribution in [0.3, 0.4) is 0 Å². The summed E-state index contributed by atoms with van der Waals surface area (Å²) in [4.78, 5) is 11.9. The Labute approximate surface area is 128 Å². The SMILES string of the molecule is C[C@]12CCC(=O)C[C@@H]1CC[C@@H]1[C@H]2CC[C@]2(C)CCC[C@]12O. The van der Waals surface area contributed by atoms with Crippen LogP contribution >= 0.6 is 0 Å². The summed E-state index contributed by atoms with van der Waals surface area (Å²) in [5, 5.41) is 11.6. The second-order valence-corrected chi connectivity index (χ2v) is 9.11. The van der Waals surface area contributed by atoms with Crippen LogP contribution in [0.2, 0.25) is 0 Å². The van der Waals surface area contributed by atoms with Crippen molar-refractivity contribution in [2.75, 3.05) is 0 Å². The minimum absolute atomic E-state index is 0.169. The quantitative estimate of drug-likeness (QED) is 0.729. The first-order chi connectivity index (χ1) is 9.89. The normalized spacial score (nSPS) is 56.5. The van der Waals surface area contributed by atoms with Crippen LogP contribution in [0.1, 0.15) is 78.1 Å². The molecule has 0 unspecified atom stereocenters. The summed E-state index contributed by atoms with van der Waals surface area (Å²) >= 11 is 0. The lowest BCUT2D eigenvalue weighted by molar-refractivity contribution is -0.197. The number of aliphatic hydroxyl groups is 1. The van der Waals surface area contributed by atoms with E-state index < -0.39 is 5.60 Å². The van der Waals surface area contributed by atoms with Crippen molar-refractivity contribution in [2.24, 2.45) is 28.6 Å². The Hall–Kier alpha value is -0.370. The van der Waals surface area contributed by atoms with Crippen LogP contribution in [-0.4, -0.2) is 16.5 Å². The van der Waals surface area contributed by atoms with E-state index in [0.29, 0.717) is 29.0 Å². The van der Waals surface area contributed by atoms with Crippen LogP contribution in [0, 0.1) is 28.6 Å². The van der Waals surface area contributed by atoms with Gasteiger partial charge in [0.1, 0.15) is 5.78 Å². The van der Waals surface area contributed by atoms with Crippen molar-refractivity contribution in [3.05, 3.63) is 0 Å². The van der Waals surface area contributed by atoms with Gasteiger partial charge in [0, 0.05) is 12.8 Å². The molecular formula is C19H30O2. The first-order valence-electron chi connectivity index (χ1n) is 9.13. The van der Waals surface area contributed by atoms with Crippen molar-refractivity contribution in [3.8, 4) is 0 Å². The smallest absolute Gasteiger partial charge is 0.133 e. The molecule has 0 heterocycles. The Morgan fingerprint density at radius 2 is 1.81 bits per heavy atom. The monoisotopic (exact) mass is 290 g/mol. The van der Waals surface area contributed by atoms with Gasteiger partial charge in [-0.15, -0.1) is 0 Å². The third kappa shape index (κ3) is 1.72. The third-order valence-corrected chi connectivity index (χ3v) is 8.46. The van der Waals surface area contributed by atoms with Gasteiger partial charge >= 0.3 is 0 Å². The number of ketones is 1. The molecule has 21 heavy (non-hydrogen) atoms. The number of fused-ring (bicyclic) bond motifs is 5. The molecule has 0 aromatic rings. The van der Waals surface area contributed by atoms with Gasteiger partial charge in [0.25, 0.3) is 0 Å². The van der Waals surface area contributed by atoms with E-state index in [0.717, 1.165) is 32.1 Å². The summed E-state index contributed by atoms with van der Waals surface area (Å²) in [5.74, 6) is 2.22. The minimum atomic E-state index is -0.411. The largest absolute Gasteiger partial charge is 0.389 e. The Bertz CT molecular complexity index is 472. The molecule has 0 bridgehead atoms. The maximum absolute atomic E-state index is 11.9. The standard InChI is InChI=1S/C19H30O2/c1-17-8-3-9-19(17,21)16-5-4-13-12-14(20)6-11-18(13,2)15(16)7-10-17/h13,15-16,21H,3-12H2,1-2H3/t13-,15+,16+,17-,18-,19-/m0/s1. The molecule has 0 aromatic carbocycles. The van der Waals surface area contributed by atoms with Crippen molar-refractivity contribution >= 4 is 5.78 Å². The van der Waals surface area contributed by atoms with E-state index in [9.17, 15) is 9.90 Å². The van der Waals surface area contributed by atoms with Gasteiger partial charge in [-0.25, -0.2) is 0 Å². The van der Waals surface area contributed by atoms with E-state index in [4.69, 9.17) is 0 Å². The summed E-state index contributed by atoms with van der Waals surface area (Å²) < 4.78 is 0. The molecule has 4 saturated carbocycles. The fourth-order valence-corrected chi connectivity index (χ4v) is 7.00. The van der Waals surface area contributed by atoms with Crippen molar-refractivity contribution in [2.45, 2.75) is 83.7 Å². The first kappa shape index (κ1) is 14.2. The summed E-state index contributed by atoms with van der Waals surface area (Å²) in [6.45, 7) is 4.79. The molecule has 118 valence electrons. The number of carbonyl (C=O) groups is 1. The maximum Gasteiger partial charge on any atom is 0.133 e. The average Bonchev–Trinajstić information content (AvgIpc) is 2.75. The Morgan fingerprint density at radius 3 is 2.62 bits per heavy atom. The number of carbonyl (C=O) groups excluding carboxylic acids is 1. The van der Waals surface area contributed by atoms with Gasteiger partial charge in [-0.1, -0.05) is 13.8 Å². The molecule has 0 radical (unpaired) electrons. The van der Waals surface area contributed by atoms with Gasteiger partial charge in [0.15, 0.2) is 0 Å². The molecular weight excluding hydrogens is 260 g/mol. The molecule has 2 heteroatoms. The van der Waals surface area contributed by atoms with Crippen molar-refractivity contribution < 1.29 is 9.90 Å². The van der Waals surface area contributed by atoms with Crippen molar-refractivity contribution in [3.63, 3.8) is 0 Å². The second-order valence-electron chi connectivity index (χ2n) is 9.11. The Kier molecular flexibility index (Phi) is 2.94. The topological polar surface area (TPSA) is 37.3 Å². The van der Waals surface area contributed by atoms with E-state index in [1.54, 1.807) is 0 Å². The zero-order valence-electron chi connectivity index (χ0n) is 13.7. The number of hydrogen-bond acceptors (Lipinski definition) is 2. The minimum Gasteiger partial charge on any atom is -0.389 e. The predicted octanol–water partition coefficient (Wildman–Crippen LogP) is 4.10. The van der Waals surface area contributed by atoms with Crippen molar-refractivity contribution in [1.29, 1.82) is 0 Å². The molecule has 4 aliphatic rings. The zero-order valence-corrected chi connectivity index (χ0v) is 13.7. The molecule has 1 N–H and O–H groups in total. The number of rotatable bonds is 0. The molecule has 0 spiro atoms. The highest BCUT2D eigenvalue weighted by molar-refractivity contribution is 5.79. The Balaban J connectivity index is 1.69. The van der Waals surface area contributed by atoms with Crippen LogP contribution in [-0.2, 0) is 4.79 Å². The van der Waals surface area contributed by atoms with E-state index in [1.165, 1.54) is 32.1 Å². The van der Waals surface area contributed by atoms with Gasteiger partial charge in [-0.05, 0) is 80.0 Å². The fourth-order valence-electron chi connectivity index (χ4n) is 7.00. The van der Waals surface area contributed by atoms with E-state index in [2.05, 4.69) is 13.8 Å². The van der Waals surface area contributed by atoms with Gasteiger partial charge in [-0.2, -0.15) is 0 Å². The van der Waals surface area contributed by atoms with E-state index in [1.807, 2.05) is 0 Å². The molecule has 0 aromatic heterocycles. The third-order valence-electron chi connectivity index (χ3n) is 8.46. The average molecular weight is 290 g/mol. The van der Waals surface area contributed by atoms with Gasteiger partial charge in [-0.3, -0.25) is 4.79 Å². The molecule has 4 rings (SSSR count). The van der Waals surface area contributed by atoms with Crippen LogP contribution in [0.25, 0.3) is 0 Å². The number of hydrogen-bond donors (Lipinski definition) is 1. The molecule has 0 amide bonds. The van der Waals surface area contributed by atoms with Gasteiger partial charge < -0.3 is 5.11 Å². The highest BCUT2D eigenvalue weighted by Crippen LogP contribution is 2.67. The molecule has 4 fully saturated rings. The van der Waals surface area contributed by atoms with Crippen LogP contribution in [0.4, 0.5) is 0 Å². The molecule has 0 saturated heterocycles. The molecule has 2 nitrogen and oxygen atoms in total. The van der Waals surface area contributed by atoms with Crippen LogP contribution < -0.4 is 0 Å². The van der Waals surface area contributed by atoms with Gasteiger partial charge in [0.2, 0.25) is 0 Å². The Morgan fingerprint density at radius 1 is 1.00 bits per heavy atom. The van der Waals surface area contributed by atoms with E-state index >= 15 is 0 Å². The highest BCUT2D eigenvalue weighted by atomic mass is 16.3. The summed E-state index contributed by atoms with van der Waals surface area (Å²) in [6, 6.07) is 0. The lowest BCUT2D eigenvalue weighted by atomic mass is 9.44. The summed E-state index contributed by atoms with van der Waals surface area (Å²) in [6.07, 6.45) is 10.9. The van der Waals surface area contributed by atoms with Gasteiger partial charge in [0.05, 0.1) is 5.60 Å². The zero-order chi connectivity index (χ0) is 14.9. The summed E-state index contributed by atoms with van der Waals surface area (Å²) in [7, 11) is 0.